The van der Waals surface area contributed by atoms with Crippen LogP contribution in [-0.2, 0) is 42.2 Å². The number of phosphoric acid groups is 1. The normalized spacial score (nSPS) is 13.8. The first-order chi connectivity index (χ1) is 32.2. The molecule has 0 saturated heterocycles. The van der Waals surface area contributed by atoms with Crippen LogP contribution in [0.4, 0.5) is 0 Å². The van der Waals surface area contributed by atoms with Crippen LogP contribution in [0.15, 0.2) is 48.6 Å². The zero-order chi connectivity index (χ0) is 48.4. The molecule has 11 nitrogen and oxygen atoms in total. The Morgan fingerprint density at radius 2 is 0.788 bits per heavy atom. The lowest BCUT2D eigenvalue weighted by molar-refractivity contribution is -0.161. The van der Waals surface area contributed by atoms with Gasteiger partial charge in [-0.05, 0) is 57.8 Å². The molecule has 0 heterocycles. The Hall–Kier alpha value is -2.56. The quantitative estimate of drug-likeness (QED) is 0.0197. The van der Waals surface area contributed by atoms with E-state index in [4.69, 9.17) is 23.3 Å². The zero-order valence-corrected chi connectivity index (χ0v) is 43.1. The van der Waals surface area contributed by atoms with Crippen LogP contribution in [0.2, 0.25) is 0 Å². The van der Waals surface area contributed by atoms with Gasteiger partial charge in [0.25, 0.3) is 0 Å². The molecule has 0 aliphatic carbocycles. The highest BCUT2D eigenvalue weighted by Gasteiger charge is 2.28. The number of allylic oxidation sites excluding steroid dienone is 8. The fourth-order valence-corrected chi connectivity index (χ4v) is 8.01. The van der Waals surface area contributed by atoms with Crippen LogP contribution in [0.1, 0.15) is 239 Å². The molecule has 0 aliphatic heterocycles. The fourth-order valence-electron chi connectivity index (χ4n) is 7.23. The molecule has 0 amide bonds. The van der Waals surface area contributed by atoms with Gasteiger partial charge in [0.2, 0.25) is 0 Å². The number of hydrogen-bond acceptors (Lipinski definition) is 10. The number of phosphoric ester groups is 1. The van der Waals surface area contributed by atoms with Gasteiger partial charge >= 0.3 is 25.7 Å². The lowest BCUT2D eigenvalue weighted by Crippen LogP contribution is -2.30. The lowest BCUT2D eigenvalue weighted by Gasteiger charge is -2.21. The molecular weight excluding hydrogens is 856 g/mol. The standard InChI is InChI=1S/C54H97O11P/c1-4-7-10-13-16-19-21-23-25-27-29-32-35-38-41-44-53(57)64-50(46-55)48-62-66(59,60)63-49-51(47-61-52(56)43-40-37-34-31-18-15-12-9-6-3)65-54(58)45-42-39-36-33-30-28-26-24-22-20-17-14-11-8-5-2/h8,11,17,20,24,26,30,33,50-51,55H,4-7,9-10,12-16,18-19,21-23,25,27-29,31-32,34-49H2,1-3H3,(H,59,60)/b11-8-,20-17-,26-24-,33-30-. The molecule has 0 radical (unpaired) electrons. The summed E-state index contributed by atoms with van der Waals surface area (Å²) < 4.78 is 39.3. The van der Waals surface area contributed by atoms with Crippen molar-refractivity contribution in [2.75, 3.05) is 26.4 Å². The number of ether oxygens (including phenoxy) is 3. The van der Waals surface area contributed by atoms with Gasteiger partial charge in [-0.3, -0.25) is 23.4 Å². The summed E-state index contributed by atoms with van der Waals surface area (Å²) in [6.45, 7) is 4.47. The molecule has 384 valence electrons. The van der Waals surface area contributed by atoms with Crippen molar-refractivity contribution in [2.45, 2.75) is 251 Å². The Morgan fingerprint density at radius 3 is 1.21 bits per heavy atom. The molecule has 0 aromatic rings. The highest BCUT2D eigenvalue weighted by atomic mass is 31.2. The van der Waals surface area contributed by atoms with Gasteiger partial charge in [0.1, 0.15) is 12.7 Å². The van der Waals surface area contributed by atoms with Gasteiger partial charge in [-0.15, -0.1) is 0 Å². The van der Waals surface area contributed by atoms with E-state index in [2.05, 4.69) is 69.4 Å². The summed E-state index contributed by atoms with van der Waals surface area (Å²) in [4.78, 5) is 48.2. The van der Waals surface area contributed by atoms with Crippen molar-refractivity contribution in [3.8, 4) is 0 Å². The summed E-state index contributed by atoms with van der Waals surface area (Å²) in [5, 5.41) is 9.78. The first kappa shape index (κ1) is 63.4. The molecule has 0 spiro atoms. The Balaban J connectivity index is 4.70. The monoisotopic (exact) mass is 953 g/mol. The SMILES string of the molecule is CC/C=C\C/C=C\C/C=C\C/C=C\CCCCC(=O)OC(COC(=O)CCCCCCCCCCC)COP(=O)(O)OCC(CO)OC(=O)CCCCCCCCCCCCCCCCC. The topological polar surface area (TPSA) is 155 Å². The molecule has 0 fully saturated rings. The average molecular weight is 953 g/mol. The second kappa shape index (κ2) is 48.9. The van der Waals surface area contributed by atoms with Crippen LogP contribution in [0, 0.1) is 0 Å². The minimum absolute atomic E-state index is 0.118. The molecule has 2 N–H and O–H groups in total. The molecule has 0 rings (SSSR count). The van der Waals surface area contributed by atoms with E-state index in [1.54, 1.807) is 0 Å². The summed E-state index contributed by atoms with van der Waals surface area (Å²) in [6.07, 6.45) is 49.5. The van der Waals surface area contributed by atoms with E-state index in [9.17, 15) is 28.9 Å². The van der Waals surface area contributed by atoms with Gasteiger partial charge in [-0.2, -0.15) is 0 Å². The fraction of sp³-hybridized carbons (Fsp3) is 0.796. The number of hydrogen-bond donors (Lipinski definition) is 2. The smallest absolute Gasteiger partial charge is 0.462 e. The van der Waals surface area contributed by atoms with Crippen molar-refractivity contribution >= 4 is 25.7 Å². The van der Waals surface area contributed by atoms with Crippen LogP contribution in [-0.4, -0.2) is 66.5 Å². The molecule has 0 aromatic heterocycles. The molecule has 0 saturated carbocycles. The van der Waals surface area contributed by atoms with E-state index < -0.39 is 57.8 Å². The third kappa shape index (κ3) is 46.5. The molecule has 0 aliphatic rings. The van der Waals surface area contributed by atoms with E-state index in [0.29, 0.717) is 19.3 Å². The number of carbonyl (C=O) groups excluding carboxylic acids is 3. The van der Waals surface area contributed by atoms with E-state index in [0.717, 1.165) is 77.0 Å². The molecular formula is C54H97O11P. The van der Waals surface area contributed by atoms with Crippen molar-refractivity contribution in [1.29, 1.82) is 0 Å². The number of carbonyl (C=O) groups is 3. The van der Waals surface area contributed by atoms with E-state index in [1.807, 2.05) is 0 Å². The summed E-state index contributed by atoms with van der Waals surface area (Å²) in [5.41, 5.74) is 0. The van der Waals surface area contributed by atoms with E-state index >= 15 is 0 Å². The molecule has 66 heavy (non-hydrogen) atoms. The predicted octanol–water partition coefficient (Wildman–Crippen LogP) is 15.0. The number of esters is 3. The number of aliphatic hydroxyl groups is 1. The van der Waals surface area contributed by atoms with Gasteiger partial charge in [-0.25, -0.2) is 4.57 Å². The van der Waals surface area contributed by atoms with Crippen molar-refractivity contribution in [1.82, 2.24) is 0 Å². The second-order valence-corrected chi connectivity index (χ2v) is 19.1. The third-order valence-corrected chi connectivity index (χ3v) is 12.2. The summed E-state index contributed by atoms with van der Waals surface area (Å²) in [7, 11) is -4.75. The maximum Gasteiger partial charge on any atom is 0.472 e. The minimum atomic E-state index is -4.75. The van der Waals surface area contributed by atoms with Gasteiger partial charge in [-0.1, -0.05) is 211 Å². The molecule has 0 aromatic carbocycles. The largest absolute Gasteiger partial charge is 0.472 e. The Bertz CT molecular complexity index is 1300. The highest BCUT2D eigenvalue weighted by Crippen LogP contribution is 2.43. The summed E-state index contributed by atoms with van der Waals surface area (Å²) in [6, 6.07) is 0. The average Bonchev–Trinajstić information content (AvgIpc) is 3.30. The van der Waals surface area contributed by atoms with Crippen LogP contribution >= 0.6 is 7.82 Å². The summed E-state index contributed by atoms with van der Waals surface area (Å²) in [5.74, 6) is -1.51. The van der Waals surface area contributed by atoms with Gasteiger partial charge in [0.05, 0.1) is 19.8 Å². The molecule has 12 heteroatoms. The van der Waals surface area contributed by atoms with Gasteiger partial charge < -0.3 is 24.2 Å². The Morgan fingerprint density at radius 1 is 0.439 bits per heavy atom. The highest BCUT2D eigenvalue weighted by molar-refractivity contribution is 7.47. The van der Waals surface area contributed by atoms with E-state index in [1.165, 1.54) is 103 Å². The number of aliphatic hydroxyl groups excluding tert-OH is 1. The van der Waals surface area contributed by atoms with Crippen molar-refractivity contribution in [3.63, 3.8) is 0 Å². The lowest BCUT2D eigenvalue weighted by atomic mass is 10.0. The first-order valence-corrected chi connectivity index (χ1v) is 28.0. The summed E-state index contributed by atoms with van der Waals surface area (Å²) >= 11 is 0. The number of unbranched alkanes of at least 4 members (excludes halogenated alkanes) is 24. The zero-order valence-electron chi connectivity index (χ0n) is 42.2. The number of rotatable bonds is 49. The third-order valence-electron chi connectivity index (χ3n) is 11.3. The second-order valence-electron chi connectivity index (χ2n) is 17.7. The maximum absolute atomic E-state index is 12.8. The Labute approximate surface area is 403 Å². The van der Waals surface area contributed by atoms with Crippen LogP contribution in [0.3, 0.4) is 0 Å². The molecule has 0 bridgehead atoms. The Kier molecular flexibility index (Phi) is 47.0. The van der Waals surface area contributed by atoms with Gasteiger partial charge in [0, 0.05) is 19.3 Å². The van der Waals surface area contributed by atoms with Crippen LogP contribution in [0.5, 0.6) is 0 Å². The minimum Gasteiger partial charge on any atom is -0.462 e. The van der Waals surface area contributed by atoms with Gasteiger partial charge in [0.15, 0.2) is 6.10 Å². The van der Waals surface area contributed by atoms with E-state index in [-0.39, 0.29) is 25.9 Å². The van der Waals surface area contributed by atoms with Crippen molar-refractivity contribution in [2.24, 2.45) is 0 Å². The van der Waals surface area contributed by atoms with Crippen LogP contribution in [0.25, 0.3) is 0 Å². The maximum atomic E-state index is 12.8. The molecule has 3 atom stereocenters. The predicted molar refractivity (Wildman–Crippen MR) is 270 cm³/mol. The molecule has 3 unspecified atom stereocenters. The van der Waals surface area contributed by atoms with Crippen LogP contribution < -0.4 is 0 Å². The van der Waals surface area contributed by atoms with Crippen molar-refractivity contribution < 1.29 is 52.2 Å². The van der Waals surface area contributed by atoms with Crippen molar-refractivity contribution in [3.05, 3.63) is 48.6 Å². The first-order valence-electron chi connectivity index (χ1n) is 26.5.